The molecule has 0 unspecified atom stereocenters. The molecule has 0 atom stereocenters. The maximum atomic E-state index is 11.8. The molecule has 2 aromatic rings. The standard InChI is InChI=1S/C17H20N2O3/c1-19(2)17(21)14-7-5-13(6-8-14)12-18-16(20)10-9-15-4-3-11-22-15/h3-8,11H,9-10,12H2,1-2H3,(H,18,20). The van der Waals surface area contributed by atoms with E-state index in [0.717, 1.165) is 11.3 Å². The Kier molecular flexibility index (Phi) is 5.36. The van der Waals surface area contributed by atoms with Gasteiger partial charge in [-0.3, -0.25) is 9.59 Å². The van der Waals surface area contributed by atoms with Crippen molar-refractivity contribution in [3.63, 3.8) is 0 Å². The van der Waals surface area contributed by atoms with Crippen LogP contribution in [0.1, 0.15) is 28.1 Å². The van der Waals surface area contributed by atoms with Gasteiger partial charge in [-0.15, -0.1) is 0 Å². The molecule has 1 heterocycles. The quantitative estimate of drug-likeness (QED) is 0.890. The Bertz CT molecular complexity index is 616. The van der Waals surface area contributed by atoms with Gasteiger partial charge in [-0.2, -0.15) is 0 Å². The minimum absolute atomic E-state index is 0.0233. The highest BCUT2D eigenvalue weighted by molar-refractivity contribution is 5.93. The number of furan rings is 1. The van der Waals surface area contributed by atoms with Crippen LogP contribution < -0.4 is 5.32 Å². The van der Waals surface area contributed by atoms with Gasteiger partial charge in [0.1, 0.15) is 5.76 Å². The van der Waals surface area contributed by atoms with E-state index in [-0.39, 0.29) is 11.8 Å². The average Bonchev–Trinajstić information content (AvgIpc) is 3.04. The molecule has 0 radical (unpaired) electrons. The third kappa shape index (κ3) is 4.48. The monoisotopic (exact) mass is 300 g/mol. The van der Waals surface area contributed by atoms with Crippen molar-refractivity contribution in [2.45, 2.75) is 19.4 Å². The van der Waals surface area contributed by atoms with Crippen molar-refractivity contribution in [3.05, 3.63) is 59.5 Å². The summed E-state index contributed by atoms with van der Waals surface area (Å²) in [7, 11) is 3.44. The Morgan fingerprint density at radius 1 is 1.14 bits per heavy atom. The first-order chi connectivity index (χ1) is 10.6. The van der Waals surface area contributed by atoms with Gasteiger partial charge in [0.15, 0.2) is 0 Å². The Morgan fingerprint density at radius 3 is 2.45 bits per heavy atom. The Labute approximate surface area is 129 Å². The number of aryl methyl sites for hydroxylation is 1. The Hall–Kier alpha value is -2.56. The van der Waals surface area contributed by atoms with Crippen LogP contribution in [0.2, 0.25) is 0 Å². The van der Waals surface area contributed by atoms with Gasteiger partial charge in [0.25, 0.3) is 5.91 Å². The maximum absolute atomic E-state index is 11.8. The third-order valence-corrected chi connectivity index (χ3v) is 3.28. The molecule has 0 aliphatic heterocycles. The molecule has 0 saturated carbocycles. The summed E-state index contributed by atoms with van der Waals surface area (Å²) in [5.74, 6) is 0.751. The highest BCUT2D eigenvalue weighted by Gasteiger charge is 2.08. The van der Waals surface area contributed by atoms with E-state index in [4.69, 9.17) is 4.42 Å². The van der Waals surface area contributed by atoms with E-state index in [1.54, 1.807) is 32.5 Å². The lowest BCUT2D eigenvalue weighted by molar-refractivity contribution is -0.121. The number of nitrogens with one attached hydrogen (secondary N) is 1. The van der Waals surface area contributed by atoms with E-state index < -0.39 is 0 Å². The summed E-state index contributed by atoms with van der Waals surface area (Å²) in [5, 5.41) is 2.86. The van der Waals surface area contributed by atoms with Gasteiger partial charge in [0.2, 0.25) is 5.91 Å². The molecule has 1 aromatic heterocycles. The van der Waals surface area contributed by atoms with Crippen molar-refractivity contribution < 1.29 is 14.0 Å². The van der Waals surface area contributed by atoms with Gasteiger partial charge in [-0.25, -0.2) is 0 Å². The molecule has 1 N–H and O–H groups in total. The van der Waals surface area contributed by atoms with Crippen molar-refractivity contribution in [2.75, 3.05) is 14.1 Å². The van der Waals surface area contributed by atoms with Gasteiger partial charge in [-0.05, 0) is 29.8 Å². The molecule has 116 valence electrons. The summed E-state index contributed by atoms with van der Waals surface area (Å²) >= 11 is 0. The molecule has 5 heteroatoms. The van der Waals surface area contributed by atoms with Crippen LogP contribution in [0, 0.1) is 0 Å². The Morgan fingerprint density at radius 2 is 1.86 bits per heavy atom. The van der Waals surface area contributed by atoms with E-state index in [1.807, 2.05) is 24.3 Å². The number of carbonyl (C=O) groups is 2. The highest BCUT2D eigenvalue weighted by Crippen LogP contribution is 2.07. The summed E-state index contributed by atoms with van der Waals surface area (Å²) in [6, 6.07) is 10.9. The molecule has 5 nitrogen and oxygen atoms in total. The number of rotatable bonds is 6. The summed E-state index contributed by atoms with van der Waals surface area (Å²) in [6.45, 7) is 0.452. The van der Waals surface area contributed by atoms with Gasteiger partial charge in [0, 0.05) is 39.0 Å². The lowest BCUT2D eigenvalue weighted by Gasteiger charge is -2.10. The fourth-order valence-corrected chi connectivity index (χ4v) is 2.00. The molecular weight excluding hydrogens is 280 g/mol. The minimum Gasteiger partial charge on any atom is -0.469 e. The van der Waals surface area contributed by atoms with Gasteiger partial charge < -0.3 is 14.6 Å². The maximum Gasteiger partial charge on any atom is 0.253 e. The molecule has 1 aromatic carbocycles. The molecule has 2 amide bonds. The zero-order chi connectivity index (χ0) is 15.9. The van der Waals surface area contributed by atoms with E-state index >= 15 is 0 Å². The van der Waals surface area contributed by atoms with Crippen LogP contribution in [0.3, 0.4) is 0 Å². The second-order valence-electron chi connectivity index (χ2n) is 5.25. The molecule has 0 bridgehead atoms. The molecule has 0 aliphatic rings. The molecule has 0 spiro atoms. The van der Waals surface area contributed by atoms with Crippen molar-refractivity contribution in [2.24, 2.45) is 0 Å². The second-order valence-corrected chi connectivity index (χ2v) is 5.25. The molecule has 0 fully saturated rings. The fourth-order valence-electron chi connectivity index (χ4n) is 2.00. The first-order valence-electron chi connectivity index (χ1n) is 7.16. The molecule has 0 aliphatic carbocycles. The van der Waals surface area contributed by atoms with E-state index in [9.17, 15) is 9.59 Å². The predicted octanol–water partition coefficient (Wildman–Crippen LogP) is 2.23. The molecule has 0 saturated heterocycles. The van der Waals surface area contributed by atoms with Crippen molar-refractivity contribution in [3.8, 4) is 0 Å². The van der Waals surface area contributed by atoms with Gasteiger partial charge in [-0.1, -0.05) is 12.1 Å². The van der Waals surface area contributed by atoms with Crippen molar-refractivity contribution >= 4 is 11.8 Å². The van der Waals surface area contributed by atoms with Crippen LogP contribution in [-0.4, -0.2) is 30.8 Å². The molecule has 22 heavy (non-hydrogen) atoms. The number of hydrogen-bond acceptors (Lipinski definition) is 3. The van der Waals surface area contributed by atoms with E-state index in [1.165, 1.54) is 4.90 Å². The second kappa shape index (κ2) is 7.45. The van der Waals surface area contributed by atoms with Crippen molar-refractivity contribution in [1.82, 2.24) is 10.2 Å². The predicted molar refractivity (Wildman–Crippen MR) is 83.3 cm³/mol. The third-order valence-electron chi connectivity index (χ3n) is 3.28. The summed E-state index contributed by atoms with van der Waals surface area (Å²) < 4.78 is 5.19. The highest BCUT2D eigenvalue weighted by atomic mass is 16.3. The zero-order valence-electron chi connectivity index (χ0n) is 12.8. The lowest BCUT2D eigenvalue weighted by Crippen LogP contribution is -2.23. The van der Waals surface area contributed by atoms with Crippen LogP contribution in [0.25, 0.3) is 0 Å². The van der Waals surface area contributed by atoms with Gasteiger partial charge >= 0.3 is 0 Å². The van der Waals surface area contributed by atoms with Gasteiger partial charge in [0.05, 0.1) is 6.26 Å². The SMILES string of the molecule is CN(C)C(=O)c1ccc(CNC(=O)CCc2ccco2)cc1. The zero-order valence-corrected chi connectivity index (χ0v) is 12.8. The number of benzene rings is 1. The van der Waals surface area contributed by atoms with Crippen LogP contribution in [0.15, 0.2) is 47.1 Å². The van der Waals surface area contributed by atoms with Crippen LogP contribution in [0.5, 0.6) is 0 Å². The largest absolute Gasteiger partial charge is 0.469 e. The fraction of sp³-hybridized carbons (Fsp3) is 0.294. The van der Waals surface area contributed by atoms with Crippen molar-refractivity contribution in [1.29, 1.82) is 0 Å². The summed E-state index contributed by atoms with van der Waals surface area (Å²) in [5.41, 5.74) is 1.60. The molecular formula is C17H20N2O3. The average molecular weight is 300 g/mol. The smallest absolute Gasteiger partial charge is 0.253 e. The van der Waals surface area contributed by atoms with Crippen LogP contribution in [-0.2, 0) is 17.8 Å². The normalized spacial score (nSPS) is 10.3. The number of hydrogen-bond donors (Lipinski definition) is 1. The van der Waals surface area contributed by atoms with Crippen LogP contribution in [0.4, 0.5) is 0 Å². The van der Waals surface area contributed by atoms with E-state index in [0.29, 0.717) is 24.9 Å². The van der Waals surface area contributed by atoms with E-state index in [2.05, 4.69) is 5.32 Å². The minimum atomic E-state index is -0.0333. The lowest BCUT2D eigenvalue weighted by atomic mass is 10.1. The molecule has 2 rings (SSSR count). The first kappa shape index (κ1) is 15.8. The topological polar surface area (TPSA) is 62.6 Å². The van der Waals surface area contributed by atoms with Crippen LogP contribution >= 0.6 is 0 Å². The summed E-state index contributed by atoms with van der Waals surface area (Å²) in [6.07, 6.45) is 2.59. The number of amides is 2. The number of nitrogens with zero attached hydrogens (tertiary/aromatic N) is 1. The summed E-state index contributed by atoms with van der Waals surface area (Å²) in [4.78, 5) is 25.1. The number of carbonyl (C=O) groups excluding carboxylic acids is 2. The first-order valence-corrected chi connectivity index (χ1v) is 7.16. The Balaban J connectivity index is 1.79.